The first-order valence-electron chi connectivity index (χ1n) is 5.74. The molecule has 0 aromatic heterocycles. The maximum Gasteiger partial charge on any atom is 0.242 e. The summed E-state index contributed by atoms with van der Waals surface area (Å²) < 4.78 is 26.6. The van der Waals surface area contributed by atoms with Gasteiger partial charge in [0.05, 0.1) is 5.02 Å². The molecule has 0 saturated carbocycles. The van der Waals surface area contributed by atoms with E-state index in [-0.39, 0.29) is 29.0 Å². The van der Waals surface area contributed by atoms with Crippen molar-refractivity contribution in [2.45, 2.75) is 25.2 Å². The van der Waals surface area contributed by atoms with E-state index in [2.05, 4.69) is 4.72 Å². The molecule has 4 nitrogen and oxygen atoms in total. The maximum absolute atomic E-state index is 12.1. The summed E-state index contributed by atoms with van der Waals surface area (Å²) in [4.78, 5) is 0.0976. The number of aliphatic hydroxyl groups is 1. The zero-order valence-corrected chi connectivity index (χ0v) is 12.1. The molecule has 0 heterocycles. The first-order chi connectivity index (χ1) is 8.38. The minimum Gasteiger partial charge on any atom is -0.396 e. The highest BCUT2D eigenvalue weighted by atomic mass is 35.5. The third-order valence-corrected chi connectivity index (χ3v) is 4.77. The van der Waals surface area contributed by atoms with Crippen LogP contribution in [0.25, 0.3) is 0 Å². The van der Waals surface area contributed by atoms with Crippen LogP contribution in [0.4, 0.5) is 0 Å². The highest BCUT2D eigenvalue weighted by molar-refractivity contribution is 7.89. The minimum atomic E-state index is -3.59. The van der Waals surface area contributed by atoms with Gasteiger partial charge in [0.2, 0.25) is 10.0 Å². The molecule has 1 atom stereocenters. The fourth-order valence-corrected chi connectivity index (χ4v) is 3.22. The van der Waals surface area contributed by atoms with Crippen molar-refractivity contribution in [3.05, 3.63) is 28.8 Å². The van der Waals surface area contributed by atoms with Crippen LogP contribution in [-0.4, -0.2) is 26.7 Å². The molecule has 0 saturated heterocycles. The van der Waals surface area contributed by atoms with Crippen molar-refractivity contribution in [2.24, 2.45) is 5.92 Å². The number of nitrogens with one attached hydrogen (secondary N) is 1. The number of aliphatic hydroxyl groups excluding tert-OH is 1. The topological polar surface area (TPSA) is 66.4 Å². The molecule has 0 aliphatic heterocycles. The molecule has 0 fully saturated rings. The Morgan fingerprint density at radius 1 is 1.44 bits per heavy atom. The zero-order valence-electron chi connectivity index (χ0n) is 10.5. The van der Waals surface area contributed by atoms with Gasteiger partial charge in [-0.2, -0.15) is 0 Å². The van der Waals surface area contributed by atoms with Crippen LogP contribution < -0.4 is 4.72 Å². The molecule has 1 aromatic rings. The fourth-order valence-electron chi connectivity index (χ4n) is 1.48. The smallest absolute Gasteiger partial charge is 0.242 e. The van der Waals surface area contributed by atoms with Gasteiger partial charge in [-0.25, -0.2) is 13.1 Å². The third-order valence-electron chi connectivity index (χ3n) is 2.69. The number of benzene rings is 1. The van der Waals surface area contributed by atoms with Crippen molar-refractivity contribution < 1.29 is 13.5 Å². The lowest BCUT2D eigenvalue weighted by Crippen LogP contribution is -2.29. The SMILES string of the molecule is Cc1cccc(S(=O)(=O)NCC(C)CCO)c1Cl. The monoisotopic (exact) mass is 291 g/mol. The van der Waals surface area contributed by atoms with Crippen LogP contribution in [-0.2, 0) is 10.0 Å². The second-order valence-corrected chi connectivity index (χ2v) is 6.47. The van der Waals surface area contributed by atoms with E-state index in [0.717, 1.165) is 5.56 Å². The van der Waals surface area contributed by atoms with Gasteiger partial charge in [0.25, 0.3) is 0 Å². The molecular formula is C12H18ClNO3S. The second kappa shape index (κ2) is 6.52. The highest BCUT2D eigenvalue weighted by Crippen LogP contribution is 2.24. The van der Waals surface area contributed by atoms with E-state index in [0.29, 0.717) is 6.42 Å². The lowest BCUT2D eigenvalue weighted by atomic mass is 10.1. The van der Waals surface area contributed by atoms with E-state index in [1.807, 2.05) is 6.92 Å². The highest BCUT2D eigenvalue weighted by Gasteiger charge is 2.19. The van der Waals surface area contributed by atoms with E-state index in [4.69, 9.17) is 16.7 Å². The Bertz CT molecular complexity index is 502. The van der Waals surface area contributed by atoms with Crippen molar-refractivity contribution in [1.29, 1.82) is 0 Å². The van der Waals surface area contributed by atoms with E-state index in [1.165, 1.54) is 6.07 Å². The van der Waals surface area contributed by atoms with Gasteiger partial charge in [-0.1, -0.05) is 30.7 Å². The summed E-state index contributed by atoms with van der Waals surface area (Å²) in [6.07, 6.45) is 0.560. The molecule has 0 aliphatic rings. The van der Waals surface area contributed by atoms with Gasteiger partial charge in [-0.05, 0) is 30.9 Å². The Balaban J connectivity index is 2.84. The van der Waals surface area contributed by atoms with Gasteiger partial charge < -0.3 is 5.11 Å². The van der Waals surface area contributed by atoms with E-state index in [9.17, 15) is 8.42 Å². The van der Waals surface area contributed by atoms with E-state index < -0.39 is 10.0 Å². The van der Waals surface area contributed by atoms with Crippen molar-refractivity contribution in [1.82, 2.24) is 4.72 Å². The Kier molecular flexibility index (Phi) is 5.59. The molecule has 6 heteroatoms. The van der Waals surface area contributed by atoms with Gasteiger partial charge >= 0.3 is 0 Å². The normalized spacial score (nSPS) is 13.6. The summed E-state index contributed by atoms with van der Waals surface area (Å²) in [5, 5.41) is 9.02. The van der Waals surface area contributed by atoms with Crippen molar-refractivity contribution in [3.63, 3.8) is 0 Å². The lowest BCUT2D eigenvalue weighted by Gasteiger charge is -2.13. The van der Waals surface area contributed by atoms with E-state index in [1.54, 1.807) is 19.1 Å². The van der Waals surface area contributed by atoms with Gasteiger partial charge in [-0.3, -0.25) is 0 Å². The number of hydrogen-bond donors (Lipinski definition) is 2. The molecule has 102 valence electrons. The average molecular weight is 292 g/mol. The predicted octanol–water partition coefficient (Wildman–Crippen LogP) is 1.95. The third kappa shape index (κ3) is 3.95. The quantitative estimate of drug-likeness (QED) is 0.842. The summed E-state index contributed by atoms with van der Waals surface area (Å²) >= 11 is 6.00. The number of sulfonamides is 1. The van der Waals surface area contributed by atoms with E-state index >= 15 is 0 Å². The first kappa shape index (κ1) is 15.4. The maximum atomic E-state index is 12.1. The summed E-state index contributed by atoms with van der Waals surface area (Å²) in [6, 6.07) is 4.90. The Labute approximate surface area is 113 Å². The summed E-state index contributed by atoms with van der Waals surface area (Å²) in [7, 11) is -3.59. The number of hydrogen-bond acceptors (Lipinski definition) is 3. The predicted molar refractivity (Wildman–Crippen MR) is 72.2 cm³/mol. The van der Waals surface area contributed by atoms with Gasteiger partial charge in [-0.15, -0.1) is 0 Å². The molecule has 0 radical (unpaired) electrons. The molecule has 18 heavy (non-hydrogen) atoms. The molecule has 0 amide bonds. The van der Waals surface area contributed by atoms with Gasteiger partial charge in [0.15, 0.2) is 0 Å². The molecule has 2 N–H and O–H groups in total. The van der Waals surface area contributed by atoms with Gasteiger partial charge in [0, 0.05) is 13.2 Å². The van der Waals surface area contributed by atoms with Crippen LogP contribution in [0.3, 0.4) is 0 Å². The number of aryl methyl sites for hydroxylation is 1. The van der Waals surface area contributed by atoms with Crippen LogP contribution in [0.2, 0.25) is 5.02 Å². The Morgan fingerprint density at radius 3 is 2.72 bits per heavy atom. The van der Waals surface area contributed by atoms with Crippen LogP contribution in [0.15, 0.2) is 23.1 Å². The summed E-state index contributed by atoms with van der Waals surface area (Å²) in [6.45, 7) is 3.97. The fraction of sp³-hybridized carbons (Fsp3) is 0.500. The van der Waals surface area contributed by atoms with Crippen LogP contribution >= 0.6 is 11.6 Å². The largest absolute Gasteiger partial charge is 0.396 e. The number of rotatable bonds is 6. The molecular weight excluding hydrogens is 274 g/mol. The Hall–Kier alpha value is -0.620. The van der Waals surface area contributed by atoms with Crippen molar-refractivity contribution >= 4 is 21.6 Å². The van der Waals surface area contributed by atoms with Crippen LogP contribution in [0.1, 0.15) is 18.9 Å². The first-order valence-corrected chi connectivity index (χ1v) is 7.60. The van der Waals surface area contributed by atoms with Gasteiger partial charge in [0.1, 0.15) is 4.90 Å². The van der Waals surface area contributed by atoms with Crippen LogP contribution in [0, 0.1) is 12.8 Å². The second-order valence-electron chi connectivity index (χ2n) is 4.36. The van der Waals surface area contributed by atoms with Crippen molar-refractivity contribution in [3.8, 4) is 0 Å². The Morgan fingerprint density at radius 2 is 2.11 bits per heavy atom. The average Bonchev–Trinajstić information content (AvgIpc) is 2.30. The molecule has 1 aromatic carbocycles. The molecule has 0 bridgehead atoms. The van der Waals surface area contributed by atoms with Crippen LogP contribution in [0.5, 0.6) is 0 Å². The standard InChI is InChI=1S/C12H18ClNO3S/c1-9(6-7-15)8-14-18(16,17)11-5-3-4-10(2)12(11)13/h3-5,9,14-15H,6-8H2,1-2H3. The molecule has 1 rings (SSSR count). The van der Waals surface area contributed by atoms with Crippen molar-refractivity contribution in [2.75, 3.05) is 13.2 Å². The minimum absolute atomic E-state index is 0.0497. The zero-order chi connectivity index (χ0) is 13.8. The lowest BCUT2D eigenvalue weighted by molar-refractivity contribution is 0.263. The summed E-state index contributed by atoms with van der Waals surface area (Å²) in [5.74, 6) is 0.0772. The molecule has 0 aliphatic carbocycles. The molecule has 1 unspecified atom stereocenters. The molecule has 0 spiro atoms. The summed E-state index contributed by atoms with van der Waals surface area (Å²) in [5.41, 5.74) is 0.725. The number of halogens is 1.